The quantitative estimate of drug-likeness (QED) is 0.596. The second-order valence-electron chi connectivity index (χ2n) is 4.44. The van der Waals surface area contributed by atoms with Crippen LogP contribution in [0.3, 0.4) is 0 Å². The van der Waals surface area contributed by atoms with Crippen LogP contribution < -0.4 is 16.8 Å². The van der Waals surface area contributed by atoms with Crippen molar-refractivity contribution in [2.45, 2.75) is 31.7 Å². The Morgan fingerprint density at radius 3 is 2.56 bits per heavy atom. The topological polar surface area (TPSA) is 81.1 Å². The monoisotopic (exact) mass is 249 g/mol. The molecule has 4 nitrogen and oxygen atoms in total. The Labute approximate surface area is 109 Å². The Bertz CT molecular complexity index is 340. The molecule has 0 heterocycles. The highest BCUT2D eigenvalue weighted by molar-refractivity contribution is 5.81. The van der Waals surface area contributed by atoms with E-state index in [4.69, 9.17) is 11.5 Å². The summed E-state index contributed by atoms with van der Waals surface area (Å²) in [6.07, 6.45) is 3.59. The van der Waals surface area contributed by atoms with Gasteiger partial charge in [-0.05, 0) is 31.4 Å². The van der Waals surface area contributed by atoms with E-state index in [0.29, 0.717) is 19.5 Å². The van der Waals surface area contributed by atoms with Gasteiger partial charge in [0.1, 0.15) is 0 Å². The van der Waals surface area contributed by atoms with Gasteiger partial charge in [-0.25, -0.2) is 0 Å². The number of benzene rings is 1. The molecule has 0 bridgehead atoms. The van der Waals surface area contributed by atoms with Crippen LogP contribution in [0.4, 0.5) is 0 Å². The summed E-state index contributed by atoms with van der Waals surface area (Å²) in [5.41, 5.74) is 12.3. The first kappa shape index (κ1) is 14.7. The van der Waals surface area contributed by atoms with Gasteiger partial charge in [0.25, 0.3) is 0 Å². The molecule has 0 aromatic heterocycles. The van der Waals surface area contributed by atoms with E-state index in [1.807, 2.05) is 30.3 Å². The number of hydrogen-bond acceptors (Lipinski definition) is 3. The molecule has 5 N–H and O–H groups in total. The van der Waals surface area contributed by atoms with Gasteiger partial charge in [-0.1, -0.05) is 36.8 Å². The van der Waals surface area contributed by atoms with E-state index < -0.39 is 6.04 Å². The van der Waals surface area contributed by atoms with Gasteiger partial charge in [-0.2, -0.15) is 0 Å². The third-order valence-corrected chi connectivity index (χ3v) is 2.82. The van der Waals surface area contributed by atoms with Crippen LogP contribution in [-0.4, -0.2) is 25.0 Å². The highest BCUT2D eigenvalue weighted by Gasteiger charge is 2.12. The van der Waals surface area contributed by atoms with E-state index in [2.05, 4.69) is 5.32 Å². The standard InChI is InChI=1S/C14H23N3O/c15-9-5-2-6-10-17-14(18)13(16)11-12-7-3-1-4-8-12/h1,3-4,7-8,13H,2,5-6,9-11,15-16H2,(H,17,18). The molecule has 0 aliphatic rings. The summed E-state index contributed by atoms with van der Waals surface area (Å²) in [7, 11) is 0. The maximum Gasteiger partial charge on any atom is 0.237 e. The van der Waals surface area contributed by atoms with Gasteiger partial charge < -0.3 is 16.8 Å². The Morgan fingerprint density at radius 2 is 1.89 bits per heavy atom. The second-order valence-corrected chi connectivity index (χ2v) is 4.44. The zero-order valence-electron chi connectivity index (χ0n) is 10.8. The molecular formula is C14H23N3O. The molecule has 0 radical (unpaired) electrons. The molecule has 1 aromatic rings. The number of rotatable bonds is 8. The number of carbonyl (C=O) groups is 1. The van der Waals surface area contributed by atoms with Crippen molar-refractivity contribution in [2.24, 2.45) is 11.5 Å². The van der Waals surface area contributed by atoms with E-state index in [0.717, 1.165) is 24.8 Å². The highest BCUT2D eigenvalue weighted by atomic mass is 16.2. The van der Waals surface area contributed by atoms with Gasteiger partial charge >= 0.3 is 0 Å². The maximum absolute atomic E-state index is 11.7. The highest BCUT2D eigenvalue weighted by Crippen LogP contribution is 2.02. The summed E-state index contributed by atoms with van der Waals surface area (Å²) >= 11 is 0. The SMILES string of the molecule is NCCCCCNC(=O)C(N)Cc1ccccc1. The second kappa shape index (κ2) is 8.66. The number of amides is 1. The Balaban J connectivity index is 2.21. The largest absolute Gasteiger partial charge is 0.355 e. The fourth-order valence-corrected chi connectivity index (χ4v) is 1.75. The van der Waals surface area contributed by atoms with E-state index in [1.165, 1.54) is 0 Å². The lowest BCUT2D eigenvalue weighted by Crippen LogP contribution is -2.42. The van der Waals surface area contributed by atoms with Crippen molar-refractivity contribution < 1.29 is 4.79 Å². The predicted octanol–water partition coefficient (Wildman–Crippen LogP) is 0.802. The van der Waals surface area contributed by atoms with Crippen molar-refractivity contribution >= 4 is 5.91 Å². The number of nitrogens with two attached hydrogens (primary N) is 2. The lowest BCUT2D eigenvalue weighted by molar-refractivity contribution is -0.122. The zero-order valence-corrected chi connectivity index (χ0v) is 10.8. The number of carbonyl (C=O) groups excluding carboxylic acids is 1. The molecule has 1 amide bonds. The number of nitrogens with one attached hydrogen (secondary N) is 1. The molecule has 100 valence electrons. The van der Waals surface area contributed by atoms with Gasteiger partial charge in [0.2, 0.25) is 5.91 Å². The van der Waals surface area contributed by atoms with Gasteiger partial charge in [-0.3, -0.25) is 4.79 Å². The summed E-state index contributed by atoms with van der Waals surface area (Å²) in [6, 6.07) is 9.34. The minimum absolute atomic E-state index is 0.0772. The van der Waals surface area contributed by atoms with Crippen LogP contribution in [0.2, 0.25) is 0 Å². The van der Waals surface area contributed by atoms with E-state index in [-0.39, 0.29) is 5.91 Å². The lowest BCUT2D eigenvalue weighted by Gasteiger charge is -2.12. The van der Waals surface area contributed by atoms with Crippen LogP contribution in [0, 0.1) is 0 Å². The first-order valence-electron chi connectivity index (χ1n) is 6.51. The van der Waals surface area contributed by atoms with Gasteiger partial charge in [0.15, 0.2) is 0 Å². The van der Waals surface area contributed by atoms with Crippen LogP contribution >= 0.6 is 0 Å². The minimum atomic E-state index is -0.470. The molecule has 0 spiro atoms. The molecule has 1 unspecified atom stereocenters. The van der Waals surface area contributed by atoms with Crippen LogP contribution in [-0.2, 0) is 11.2 Å². The van der Waals surface area contributed by atoms with Crippen LogP contribution in [0.15, 0.2) is 30.3 Å². The Morgan fingerprint density at radius 1 is 1.17 bits per heavy atom. The molecule has 4 heteroatoms. The smallest absolute Gasteiger partial charge is 0.237 e. The fourth-order valence-electron chi connectivity index (χ4n) is 1.75. The minimum Gasteiger partial charge on any atom is -0.355 e. The molecule has 1 aromatic carbocycles. The van der Waals surface area contributed by atoms with E-state index in [1.54, 1.807) is 0 Å². The molecule has 0 fully saturated rings. The fraction of sp³-hybridized carbons (Fsp3) is 0.500. The zero-order chi connectivity index (χ0) is 13.2. The van der Waals surface area contributed by atoms with Gasteiger partial charge in [0, 0.05) is 6.54 Å². The summed E-state index contributed by atoms with van der Waals surface area (Å²) in [6.45, 7) is 1.39. The van der Waals surface area contributed by atoms with Crippen LogP contribution in [0.1, 0.15) is 24.8 Å². The van der Waals surface area contributed by atoms with Crippen molar-refractivity contribution in [3.05, 3.63) is 35.9 Å². The van der Waals surface area contributed by atoms with Crippen LogP contribution in [0.25, 0.3) is 0 Å². The summed E-state index contributed by atoms with van der Waals surface area (Å²) < 4.78 is 0. The molecular weight excluding hydrogens is 226 g/mol. The molecule has 0 saturated heterocycles. The van der Waals surface area contributed by atoms with E-state index >= 15 is 0 Å². The lowest BCUT2D eigenvalue weighted by atomic mass is 10.1. The molecule has 0 saturated carbocycles. The van der Waals surface area contributed by atoms with Crippen molar-refractivity contribution in [3.8, 4) is 0 Å². The third-order valence-electron chi connectivity index (χ3n) is 2.82. The summed E-state index contributed by atoms with van der Waals surface area (Å²) in [4.78, 5) is 11.7. The van der Waals surface area contributed by atoms with Gasteiger partial charge in [-0.15, -0.1) is 0 Å². The van der Waals surface area contributed by atoms with Crippen molar-refractivity contribution in [3.63, 3.8) is 0 Å². The van der Waals surface area contributed by atoms with E-state index in [9.17, 15) is 4.79 Å². The van der Waals surface area contributed by atoms with Crippen molar-refractivity contribution in [1.82, 2.24) is 5.32 Å². The average Bonchev–Trinajstić information content (AvgIpc) is 2.39. The summed E-state index contributed by atoms with van der Waals surface area (Å²) in [5, 5.41) is 2.86. The van der Waals surface area contributed by atoms with Crippen molar-refractivity contribution in [2.75, 3.05) is 13.1 Å². The molecule has 1 atom stereocenters. The Hall–Kier alpha value is -1.39. The first-order chi connectivity index (χ1) is 8.74. The Kier molecular flexibility index (Phi) is 7.06. The van der Waals surface area contributed by atoms with Crippen LogP contribution in [0.5, 0.6) is 0 Å². The molecule has 1 rings (SSSR count). The molecule has 0 aliphatic heterocycles. The maximum atomic E-state index is 11.7. The first-order valence-corrected chi connectivity index (χ1v) is 6.51. The normalized spacial score (nSPS) is 12.1. The number of hydrogen-bond donors (Lipinski definition) is 3. The number of unbranched alkanes of at least 4 members (excludes halogenated alkanes) is 2. The van der Waals surface area contributed by atoms with Gasteiger partial charge in [0.05, 0.1) is 6.04 Å². The molecule has 18 heavy (non-hydrogen) atoms. The predicted molar refractivity (Wildman–Crippen MR) is 74.0 cm³/mol. The van der Waals surface area contributed by atoms with Crippen molar-refractivity contribution in [1.29, 1.82) is 0 Å². The third kappa shape index (κ3) is 5.80. The average molecular weight is 249 g/mol. The summed E-state index contributed by atoms with van der Waals surface area (Å²) in [5.74, 6) is -0.0772. The molecule has 0 aliphatic carbocycles.